The number of carbonyl (C=O) groups excluding carboxylic acids is 1. The Hall–Kier alpha value is -2.96. The summed E-state index contributed by atoms with van der Waals surface area (Å²) < 4.78 is 1.90. The molecule has 1 atom stereocenters. The van der Waals surface area contributed by atoms with Gasteiger partial charge in [0.25, 0.3) is 11.5 Å². The fourth-order valence-corrected chi connectivity index (χ4v) is 3.26. The van der Waals surface area contributed by atoms with E-state index < -0.39 is 0 Å². The van der Waals surface area contributed by atoms with E-state index in [1.54, 1.807) is 24.0 Å². The van der Waals surface area contributed by atoms with Crippen LogP contribution in [0.25, 0.3) is 5.65 Å². The number of nitrogens with one attached hydrogen (secondary N) is 1. The molecular weight excluding hydrogens is 306 g/mol. The summed E-state index contributed by atoms with van der Waals surface area (Å²) in [6.45, 7) is 2.40. The van der Waals surface area contributed by atoms with Crippen molar-refractivity contribution in [2.45, 2.75) is 25.8 Å². The molecule has 0 radical (unpaired) electrons. The first-order valence-electron chi connectivity index (χ1n) is 7.96. The van der Waals surface area contributed by atoms with Gasteiger partial charge in [-0.05, 0) is 44.0 Å². The van der Waals surface area contributed by atoms with Gasteiger partial charge in [0.1, 0.15) is 5.56 Å². The van der Waals surface area contributed by atoms with Crippen LogP contribution in [0.2, 0.25) is 0 Å². The van der Waals surface area contributed by atoms with Crippen LogP contribution >= 0.6 is 0 Å². The highest BCUT2D eigenvalue weighted by Gasteiger charge is 2.34. The molecule has 1 fully saturated rings. The van der Waals surface area contributed by atoms with E-state index >= 15 is 0 Å². The third-order valence-corrected chi connectivity index (χ3v) is 4.44. The van der Waals surface area contributed by atoms with Crippen molar-refractivity contribution in [3.8, 4) is 0 Å². The van der Waals surface area contributed by atoms with Crippen LogP contribution in [0.1, 0.15) is 40.8 Å². The summed E-state index contributed by atoms with van der Waals surface area (Å²) >= 11 is 0. The first kappa shape index (κ1) is 14.6. The van der Waals surface area contributed by atoms with Gasteiger partial charge in [0.2, 0.25) is 0 Å². The van der Waals surface area contributed by atoms with Gasteiger partial charge >= 0.3 is 0 Å². The summed E-state index contributed by atoms with van der Waals surface area (Å²) in [7, 11) is 0. The molecule has 3 aromatic heterocycles. The van der Waals surface area contributed by atoms with Gasteiger partial charge in [-0.3, -0.25) is 14.0 Å². The molecule has 1 aliphatic rings. The van der Waals surface area contributed by atoms with Gasteiger partial charge in [-0.2, -0.15) is 0 Å². The van der Waals surface area contributed by atoms with E-state index in [1.165, 1.54) is 0 Å². The molecule has 0 aliphatic carbocycles. The highest BCUT2D eigenvalue weighted by atomic mass is 16.2. The zero-order valence-corrected chi connectivity index (χ0v) is 13.3. The predicted molar refractivity (Wildman–Crippen MR) is 87.8 cm³/mol. The number of pyridine rings is 2. The van der Waals surface area contributed by atoms with Crippen LogP contribution in [-0.4, -0.2) is 36.9 Å². The quantitative estimate of drug-likeness (QED) is 0.778. The molecule has 0 aromatic carbocycles. The molecule has 1 saturated heterocycles. The van der Waals surface area contributed by atoms with Gasteiger partial charge < -0.3 is 9.88 Å². The van der Waals surface area contributed by atoms with Crippen molar-refractivity contribution in [2.75, 3.05) is 6.54 Å². The predicted octanol–water partition coefficient (Wildman–Crippen LogP) is 1.70. The minimum Gasteiger partial charge on any atom is -0.328 e. The van der Waals surface area contributed by atoms with E-state index in [-0.39, 0.29) is 23.1 Å². The zero-order valence-electron chi connectivity index (χ0n) is 13.3. The van der Waals surface area contributed by atoms with Gasteiger partial charge in [0, 0.05) is 18.4 Å². The van der Waals surface area contributed by atoms with Gasteiger partial charge in [-0.1, -0.05) is 6.07 Å². The number of carbonyl (C=O) groups is 1. The lowest BCUT2D eigenvalue weighted by molar-refractivity contribution is 0.0727. The van der Waals surface area contributed by atoms with Crippen LogP contribution < -0.4 is 5.56 Å². The van der Waals surface area contributed by atoms with Crippen LogP contribution in [0.4, 0.5) is 0 Å². The number of hydrogen-bond donors (Lipinski definition) is 1. The fourth-order valence-electron chi connectivity index (χ4n) is 3.26. The molecule has 3 aromatic rings. The van der Waals surface area contributed by atoms with E-state index in [1.807, 2.05) is 28.8 Å². The Kier molecular flexibility index (Phi) is 3.41. The summed E-state index contributed by atoms with van der Waals surface area (Å²) in [4.78, 5) is 29.4. The van der Waals surface area contributed by atoms with Gasteiger partial charge in [-0.25, -0.2) is 0 Å². The average molecular weight is 323 g/mol. The number of fused-ring (bicyclic) bond motifs is 1. The number of rotatable bonds is 2. The number of aromatic amines is 1. The Morgan fingerprint density at radius 3 is 2.96 bits per heavy atom. The van der Waals surface area contributed by atoms with Crippen molar-refractivity contribution in [1.29, 1.82) is 0 Å². The molecule has 0 bridgehead atoms. The monoisotopic (exact) mass is 323 g/mol. The standard InChI is InChI=1S/C17H17N5O2/c1-11-7-8-12(16(23)18-11)17(24)21-10-4-5-13(21)15-20-19-14-6-2-3-9-22(14)15/h2-3,6-9,13H,4-5,10H2,1H3,(H,18,23). The summed E-state index contributed by atoms with van der Waals surface area (Å²) in [6.07, 6.45) is 3.58. The Morgan fingerprint density at radius 1 is 1.25 bits per heavy atom. The molecule has 4 heterocycles. The molecule has 1 aliphatic heterocycles. The van der Waals surface area contributed by atoms with Gasteiger partial charge in [-0.15, -0.1) is 10.2 Å². The molecule has 24 heavy (non-hydrogen) atoms. The zero-order chi connectivity index (χ0) is 16.7. The minimum atomic E-state index is -0.350. The van der Waals surface area contributed by atoms with E-state index in [4.69, 9.17) is 0 Å². The maximum Gasteiger partial charge on any atom is 0.260 e. The molecule has 0 spiro atoms. The van der Waals surface area contributed by atoms with Crippen LogP contribution in [-0.2, 0) is 0 Å². The SMILES string of the molecule is Cc1ccc(C(=O)N2CCCC2c2nnc3ccccn23)c(=O)[nH]1. The Bertz CT molecular complexity index is 974. The number of aromatic nitrogens is 4. The summed E-state index contributed by atoms with van der Waals surface area (Å²) in [5.74, 6) is 0.478. The topological polar surface area (TPSA) is 83.4 Å². The van der Waals surface area contributed by atoms with E-state index in [0.717, 1.165) is 30.0 Å². The highest BCUT2D eigenvalue weighted by Crippen LogP contribution is 2.31. The normalized spacial score (nSPS) is 17.5. The third-order valence-electron chi connectivity index (χ3n) is 4.44. The molecule has 1 N–H and O–H groups in total. The lowest BCUT2D eigenvalue weighted by Gasteiger charge is -2.23. The molecule has 0 saturated carbocycles. The number of H-pyrrole nitrogens is 1. The molecule has 122 valence electrons. The molecule has 1 amide bonds. The largest absolute Gasteiger partial charge is 0.328 e. The van der Waals surface area contributed by atoms with Gasteiger partial charge in [0.05, 0.1) is 6.04 Å². The summed E-state index contributed by atoms with van der Waals surface area (Å²) in [6, 6.07) is 8.85. The van der Waals surface area contributed by atoms with Gasteiger partial charge in [0.15, 0.2) is 11.5 Å². The van der Waals surface area contributed by atoms with Crippen molar-refractivity contribution < 1.29 is 4.79 Å². The Balaban J connectivity index is 1.72. The maximum absolute atomic E-state index is 12.9. The number of hydrogen-bond acceptors (Lipinski definition) is 4. The molecule has 7 heteroatoms. The van der Waals surface area contributed by atoms with E-state index in [2.05, 4.69) is 15.2 Å². The third kappa shape index (κ3) is 2.29. The number of nitrogens with zero attached hydrogens (tertiary/aromatic N) is 4. The number of amides is 1. The second-order valence-corrected chi connectivity index (χ2v) is 6.03. The molecule has 4 rings (SSSR count). The summed E-state index contributed by atoms with van der Waals surface area (Å²) in [5.41, 5.74) is 1.30. The average Bonchev–Trinajstić information content (AvgIpc) is 3.20. The highest BCUT2D eigenvalue weighted by molar-refractivity contribution is 5.94. The van der Waals surface area contributed by atoms with Crippen LogP contribution in [0.15, 0.2) is 41.3 Å². The van der Waals surface area contributed by atoms with Crippen LogP contribution in [0, 0.1) is 6.92 Å². The van der Waals surface area contributed by atoms with Crippen molar-refractivity contribution in [3.05, 3.63) is 64.0 Å². The van der Waals surface area contributed by atoms with Crippen molar-refractivity contribution in [3.63, 3.8) is 0 Å². The lowest BCUT2D eigenvalue weighted by atomic mass is 10.1. The maximum atomic E-state index is 12.9. The minimum absolute atomic E-state index is 0.168. The first-order chi connectivity index (χ1) is 11.6. The first-order valence-corrected chi connectivity index (χ1v) is 7.96. The van der Waals surface area contributed by atoms with Crippen molar-refractivity contribution >= 4 is 11.6 Å². The second kappa shape index (κ2) is 5.59. The van der Waals surface area contributed by atoms with Crippen molar-refractivity contribution in [1.82, 2.24) is 24.5 Å². The Morgan fingerprint density at radius 2 is 2.12 bits per heavy atom. The van der Waals surface area contributed by atoms with Crippen molar-refractivity contribution in [2.24, 2.45) is 0 Å². The lowest BCUT2D eigenvalue weighted by Crippen LogP contribution is -2.35. The summed E-state index contributed by atoms with van der Waals surface area (Å²) in [5, 5.41) is 8.44. The molecular formula is C17H17N5O2. The van der Waals surface area contributed by atoms with Crippen LogP contribution in [0.3, 0.4) is 0 Å². The fraction of sp³-hybridized carbons (Fsp3) is 0.294. The number of likely N-dealkylation sites (tertiary alicyclic amines) is 1. The smallest absolute Gasteiger partial charge is 0.260 e. The Labute approximate surface area is 138 Å². The van der Waals surface area contributed by atoms with E-state index in [0.29, 0.717) is 6.54 Å². The van der Waals surface area contributed by atoms with E-state index in [9.17, 15) is 9.59 Å². The second-order valence-electron chi connectivity index (χ2n) is 6.03. The number of aryl methyl sites for hydroxylation is 1. The molecule has 1 unspecified atom stereocenters. The molecule has 7 nitrogen and oxygen atoms in total. The van der Waals surface area contributed by atoms with Crippen LogP contribution in [0.5, 0.6) is 0 Å².